The molecule has 1 aliphatic heterocycles. The molecule has 0 saturated carbocycles. The molecule has 1 aromatic heterocycles. The highest BCUT2D eigenvalue weighted by atomic mass is 35.5. The van der Waals surface area contributed by atoms with Crippen LogP contribution in [0.1, 0.15) is 20.7 Å². The minimum atomic E-state index is -0.488. The van der Waals surface area contributed by atoms with E-state index in [1.807, 2.05) is 0 Å². The second-order valence-electron chi connectivity index (χ2n) is 6.96. The molecule has 8 heteroatoms. The van der Waals surface area contributed by atoms with Gasteiger partial charge < -0.3 is 0 Å². The Labute approximate surface area is 174 Å². The molecular formula is C21H13Cl2N3O3. The molecule has 0 N–H and O–H groups in total. The van der Waals surface area contributed by atoms with Gasteiger partial charge in [0.1, 0.15) is 0 Å². The number of nitrogens with zero attached hydrogens (tertiary/aromatic N) is 3. The van der Waals surface area contributed by atoms with Crippen molar-refractivity contribution in [3.8, 4) is 0 Å². The van der Waals surface area contributed by atoms with E-state index in [2.05, 4.69) is 0 Å². The number of halogens is 2. The number of imidazole rings is 1. The number of anilines is 1. The average Bonchev–Trinajstić information content (AvgIpc) is 2.91. The Morgan fingerprint density at radius 2 is 1.38 bits per heavy atom. The Balaban J connectivity index is 1.80. The van der Waals surface area contributed by atoms with Crippen LogP contribution in [0.5, 0.6) is 0 Å². The topological polar surface area (TPSA) is 64.3 Å². The number of hydrogen-bond donors (Lipinski definition) is 0. The molecular weight excluding hydrogens is 413 g/mol. The highest BCUT2D eigenvalue weighted by Crippen LogP contribution is 2.39. The predicted octanol–water partition coefficient (Wildman–Crippen LogP) is 4.14. The van der Waals surface area contributed by atoms with Crippen molar-refractivity contribution in [1.82, 2.24) is 9.13 Å². The number of rotatable bonds is 1. The number of aromatic nitrogens is 2. The van der Waals surface area contributed by atoms with Gasteiger partial charge >= 0.3 is 5.69 Å². The predicted molar refractivity (Wildman–Crippen MR) is 113 cm³/mol. The van der Waals surface area contributed by atoms with Gasteiger partial charge in [-0.25, -0.2) is 9.69 Å². The first-order valence-electron chi connectivity index (χ1n) is 8.76. The van der Waals surface area contributed by atoms with Crippen LogP contribution < -0.4 is 10.6 Å². The van der Waals surface area contributed by atoms with Crippen molar-refractivity contribution in [3.05, 3.63) is 74.1 Å². The van der Waals surface area contributed by atoms with E-state index in [9.17, 15) is 14.4 Å². The molecule has 6 nitrogen and oxygen atoms in total. The second-order valence-corrected chi connectivity index (χ2v) is 7.78. The fourth-order valence-electron chi connectivity index (χ4n) is 3.96. The smallest absolute Gasteiger partial charge is 0.295 e. The van der Waals surface area contributed by atoms with E-state index in [1.54, 1.807) is 56.6 Å². The zero-order valence-electron chi connectivity index (χ0n) is 15.4. The molecule has 0 atom stereocenters. The van der Waals surface area contributed by atoms with Gasteiger partial charge in [-0.2, -0.15) is 0 Å². The maximum absolute atomic E-state index is 13.3. The summed E-state index contributed by atoms with van der Waals surface area (Å²) in [4.78, 5) is 39.9. The third-order valence-electron chi connectivity index (χ3n) is 5.44. The Morgan fingerprint density at radius 3 is 2.07 bits per heavy atom. The molecule has 0 bridgehead atoms. The number of amides is 2. The van der Waals surface area contributed by atoms with E-state index in [4.69, 9.17) is 23.2 Å². The van der Waals surface area contributed by atoms with Crippen molar-refractivity contribution in [2.75, 3.05) is 4.90 Å². The zero-order chi connectivity index (χ0) is 20.6. The number of imide groups is 1. The van der Waals surface area contributed by atoms with Crippen LogP contribution >= 0.6 is 23.2 Å². The lowest BCUT2D eigenvalue weighted by Crippen LogP contribution is -2.40. The quantitative estimate of drug-likeness (QED) is 0.430. The molecule has 0 saturated heterocycles. The normalized spacial score (nSPS) is 13.7. The first kappa shape index (κ1) is 18.0. The summed E-state index contributed by atoms with van der Waals surface area (Å²) < 4.78 is 2.91. The van der Waals surface area contributed by atoms with Gasteiger partial charge in [0, 0.05) is 41.0 Å². The Bertz CT molecular complexity index is 1440. The monoisotopic (exact) mass is 425 g/mol. The molecule has 144 valence electrons. The number of fused-ring (bicyclic) bond motifs is 1. The summed E-state index contributed by atoms with van der Waals surface area (Å²) in [5.41, 5.74) is 1.92. The van der Waals surface area contributed by atoms with E-state index >= 15 is 0 Å². The summed E-state index contributed by atoms with van der Waals surface area (Å²) in [6, 6.07) is 11.6. The van der Waals surface area contributed by atoms with Gasteiger partial charge in [0.25, 0.3) is 11.8 Å². The second kappa shape index (κ2) is 5.95. The molecule has 0 aliphatic carbocycles. The lowest BCUT2D eigenvalue weighted by molar-refractivity contribution is 0.0893. The van der Waals surface area contributed by atoms with Crippen LogP contribution in [-0.4, -0.2) is 20.9 Å². The molecule has 0 unspecified atom stereocenters. The maximum atomic E-state index is 13.3. The number of benzene rings is 3. The van der Waals surface area contributed by atoms with Crippen LogP contribution in [0.3, 0.4) is 0 Å². The first-order chi connectivity index (χ1) is 13.8. The molecule has 1 aliphatic rings. The number of carbonyl (C=O) groups excluding carboxylic acids is 2. The van der Waals surface area contributed by atoms with Gasteiger partial charge in [-0.15, -0.1) is 0 Å². The largest absolute Gasteiger partial charge is 0.328 e. The lowest BCUT2D eigenvalue weighted by atomic mass is 9.93. The minimum absolute atomic E-state index is 0.199. The Kier molecular flexibility index (Phi) is 3.69. The van der Waals surface area contributed by atoms with Crippen molar-refractivity contribution in [3.63, 3.8) is 0 Å². The van der Waals surface area contributed by atoms with Crippen molar-refractivity contribution < 1.29 is 9.59 Å². The summed E-state index contributed by atoms with van der Waals surface area (Å²) in [6.07, 6.45) is 0. The van der Waals surface area contributed by atoms with E-state index in [0.29, 0.717) is 38.0 Å². The van der Waals surface area contributed by atoms with Crippen LogP contribution in [0.4, 0.5) is 5.69 Å². The van der Waals surface area contributed by atoms with Crippen LogP contribution in [0.15, 0.2) is 47.3 Å². The van der Waals surface area contributed by atoms with Crippen molar-refractivity contribution in [2.45, 2.75) is 0 Å². The molecule has 0 radical (unpaired) electrons. The summed E-state index contributed by atoms with van der Waals surface area (Å²) >= 11 is 12.7. The fourth-order valence-corrected chi connectivity index (χ4v) is 4.42. The molecule has 2 amide bonds. The summed E-state index contributed by atoms with van der Waals surface area (Å²) in [6.45, 7) is 0. The maximum Gasteiger partial charge on any atom is 0.328 e. The zero-order valence-corrected chi connectivity index (χ0v) is 16.9. The van der Waals surface area contributed by atoms with Crippen LogP contribution in [0.2, 0.25) is 10.0 Å². The Hall–Kier alpha value is -3.09. The molecule has 0 spiro atoms. The van der Waals surface area contributed by atoms with Gasteiger partial charge in [0.15, 0.2) is 0 Å². The van der Waals surface area contributed by atoms with Crippen LogP contribution in [0, 0.1) is 0 Å². The standard InChI is InChI=1S/C21H13Cl2N3O3/c1-24-16-8-14(23)15(9-17(16)25(2)21(24)29)26-19(27)11-5-3-4-10-13(22)7-6-12(18(10)11)20(26)28/h3-9H,1-2H3. The highest BCUT2D eigenvalue weighted by molar-refractivity contribution is 6.43. The van der Waals surface area contributed by atoms with Gasteiger partial charge in [0.05, 0.1) is 21.7 Å². The van der Waals surface area contributed by atoms with Crippen molar-refractivity contribution >= 4 is 62.5 Å². The van der Waals surface area contributed by atoms with E-state index in [0.717, 1.165) is 4.90 Å². The number of hydrogen-bond acceptors (Lipinski definition) is 3. The molecule has 4 aromatic rings. The van der Waals surface area contributed by atoms with Crippen molar-refractivity contribution in [2.24, 2.45) is 14.1 Å². The summed E-state index contributed by atoms with van der Waals surface area (Å²) in [7, 11) is 3.26. The number of aryl methyl sites for hydroxylation is 2. The molecule has 3 aromatic carbocycles. The third-order valence-corrected chi connectivity index (χ3v) is 6.07. The van der Waals surface area contributed by atoms with E-state index in [1.165, 1.54) is 9.13 Å². The third kappa shape index (κ3) is 2.27. The molecule has 2 heterocycles. The average molecular weight is 426 g/mol. The van der Waals surface area contributed by atoms with Gasteiger partial charge in [-0.1, -0.05) is 35.3 Å². The van der Waals surface area contributed by atoms with E-state index in [-0.39, 0.29) is 16.4 Å². The summed E-state index contributed by atoms with van der Waals surface area (Å²) in [5, 5.41) is 1.86. The van der Waals surface area contributed by atoms with Gasteiger partial charge in [-0.3, -0.25) is 18.7 Å². The first-order valence-corrected chi connectivity index (χ1v) is 9.52. The highest BCUT2D eigenvalue weighted by Gasteiger charge is 2.35. The minimum Gasteiger partial charge on any atom is -0.295 e. The van der Waals surface area contributed by atoms with Crippen LogP contribution in [0.25, 0.3) is 21.8 Å². The lowest BCUT2D eigenvalue weighted by Gasteiger charge is -2.28. The molecule has 29 heavy (non-hydrogen) atoms. The molecule has 0 fully saturated rings. The van der Waals surface area contributed by atoms with E-state index < -0.39 is 11.8 Å². The fraction of sp³-hybridized carbons (Fsp3) is 0.0952. The van der Waals surface area contributed by atoms with Crippen molar-refractivity contribution in [1.29, 1.82) is 0 Å². The molecule has 5 rings (SSSR count). The summed E-state index contributed by atoms with van der Waals surface area (Å²) in [5.74, 6) is -0.977. The SMILES string of the molecule is Cn1c(=O)n(C)c2cc(N3C(=O)c4cccc5c(Cl)ccc(c45)C3=O)c(Cl)cc21. The van der Waals surface area contributed by atoms with Gasteiger partial charge in [-0.05, 0) is 30.3 Å². The van der Waals surface area contributed by atoms with Gasteiger partial charge in [0.2, 0.25) is 0 Å². The number of carbonyl (C=O) groups is 2. The van der Waals surface area contributed by atoms with Crippen LogP contribution in [-0.2, 0) is 14.1 Å². The Morgan fingerprint density at radius 1 is 0.759 bits per heavy atom.